The molecule has 2 heterocycles. The Morgan fingerprint density at radius 1 is 1.21 bits per heavy atom. The van der Waals surface area contributed by atoms with Crippen LogP contribution in [0.15, 0.2) is 42.5 Å². The Bertz CT molecular complexity index is 946. The first kappa shape index (κ1) is 24.5. The van der Waals surface area contributed by atoms with Gasteiger partial charge in [0.15, 0.2) is 5.25 Å². The molecule has 180 valence electrons. The Balaban J connectivity index is 1.54. The summed E-state index contributed by atoms with van der Waals surface area (Å²) >= 11 is -1.39. The fraction of sp³-hybridized carbons (Fsp3) is 0.500. The van der Waals surface area contributed by atoms with E-state index in [0.29, 0.717) is 0 Å². The molecule has 4 rings (SSSR count). The molecular weight excluding hydrogens is 452 g/mol. The van der Waals surface area contributed by atoms with Crippen molar-refractivity contribution in [3.8, 4) is 0 Å². The SMILES string of the molecule is C[C@H]1CC[C@H](c2ccccc2)[S+]([O-])N1Cc1cc(F)c(C2(OCC(O)CO)COC2)cc1F. The lowest BCUT2D eigenvalue weighted by atomic mass is 9.90. The van der Waals surface area contributed by atoms with E-state index in [4.69, 9.17) is 14.6 Å². The van der Waals surface area contributed by atoms with E-state index >= 15 is 8.78 Å². The summed E-state index contributed by atoms with van der Waals surface area (Å²) < 4.78 is 56.1. The van der Waals surface area contributed by atoms with Gasteiger partial charge in [0.25, 0.3) is 0 Å². The zero-order valence-electron chi connectivity index (χ0n) is 18.5. The maximum absolute atomic E-state index is 15.1. The largest absolute Gasteiger partial charge is 0.597 e. The van der Waals surface area contributed by atoms with Crippen LogP contribution in [0.1, 0.15) is 41.7 Å². The highest BCUT2D eigenvalue weighted by Gasteiger charge is 2.45. The second-order valence-electron chi connectivity index (χ2n) is 8.74. The Hall–Kier alpha value is -1.59. The van der Waals surface area contributed by atoms with Gasteiger partial charge in [-0.1, -0.05) is 30.3 Å². The van der Waals surface area contributed by atoms with Gasteiger partial charge in [0.1, 0.15) is 23.3 Å². The van der Waals surface area contributed by atoms with Crippen LogP contribution in [0.25, 0.3) is 0 Å². The Morgan fingerprint density at radius 2 is 1.94 bits per heavy atom. The van der Waals surface area contributed by atoms with Gasteiger partial charge < -0.3 is 24.2 Å². The van der Waals surface area contributed by atoms with E-state index in [2.05, 4.69) is 0 Å². The monoisotopic (exact) mass is 481 g/mol. The molecule has 33 heavy (non-hydrogen) atoms. The third-order valence-electron chi connectivity index (χ3n) is 6.37. The Morgan fingerprint density at radius 3 is 2.58 bits per heavy atom. The molecule has 4 atom stereocenters. The van der Waals surface area contributed by atoms with Crippen LogP contribution < -0.4 is 0 Å². The molecule has 0 bridgehead atoms. The van der Waals surface area contributed by atoms with E-state index in [9.17, 15) is 9.66 Å². The molecule has 0 radical (unpaired) electrons. The molecule has 2 saturated heterocycles. The van der Waals surface area contributed by atoms with E-state index in [-0.39, 0.29) is 48.8 Å². The summed E-state index contributed by atoms with van der Waals surface area (Å²) in [4.78, 5) is 0. The molecule has 2 unspecified atom stereocenters. The highest BCUT2D eigenvalue weighted by molar-refractivity contribution is 7.89. The van der Waals surface area contributed by atoms with Gasteiger partial charge in [0, 0.05) is 34.5 Å². The molecule has 2 aromatic carbocycles. The van der Waals surface area contributed by atoms with Crippen LogP contribution in [0, 0.1) is 11.6 Å². The fourth-order valence-electron chi connectivity index (χ4n) is 4.29. The smallest absolute Gasteiger partial charge is 0.160 e. The predicted molar refractivity (Wildman–Crippen MR) is 119 cm³/mol. The minimum Gasteiger partial charge on any atom is -0.597 e. The van der Waals surface area contributed by atoms with Gasteiger partial charge in [-0.25, -0.2) is 8.78 Å². The van der Waals surface area contributed by atoms with E-state index in [1.807, 2.05) is 37.3 Å². The molecule has 2 fully saturated rings. The van der Waals surface area contributed by atoms with Gasteiger partial charge in [-0.2, -0.15) is 0 Å². The standard InChI is InChI=1S/C24H29F2NO5S/c1-16-7-8-23(17-5-3-2-4-6-17)33(30)27(16)11-18-9-22(26)20(10-21(18)25)24(14-31-15-24)32-13-19(29)12-28/h2-6,9-10,16,19,23,28-29H,7-8,11-15H2,1H3/t16-,19?,23+,33?/m0/s1. The number of hydrogen-bond acceptors (Lipinski definition) is 6. The van der Waals surface area contributed by atoms with Gasteiger partial charge in [0.05, 0.1) is 39.0 Å². The predicted octanol–water partition coefficient (Wildman–Crippen LogP) is 2.95. The molecule has 2 aliphatic heterocycles. The zero-order valence-corrected chi connectivity index (χ0v) is 19.3. The zero-order chi connectivity index (χ0) is 23.6. The summed E-state index contributed by atoms with van der Waals surface area (Å²) in [6, 6.07) is 11.8. The van der Waals surface area contributed by atoms with Crippen LogP contribution in [-0.2, 0) is 33.0 Å². The molecule has 0 saturated carbocycles. The lowest BCUT2D eigenvalue weighted by Crippen LogP contribution is -2.51. The van der Waals surface area contributed by atoms with Gasteiger partial charge >= 0.3 is 0 Å². The molecule has 9 heteroatoms. The number of hydrogen-bond donors (Lipinski definition) is 2. The Labute approximate surface area is 195 Å². The van der Waals surface area contributed by atoms with Gasteiger partial charge in [-0.3, -0.25) is 0 Å². The Kier molecular flexibility index (Phi) is 7.69. The highest BCUT2D eigenvalue weighted by atomic mass is 32.2. The average Bonchev–Trinajstić information content (AvgIpc) is 2.78. The minimum absolute atomic E-state index is 0.00937. The topological polar surface area (TPSA) is 85.2 Å². The molecule has 6 nitrogen and oxygen atoms in total. The third kappa shape index (κ3) is 5.09. The summed E-state index contributed by atoms with van der Waals surface area (Å²) in [6.45, 7) is 1.28. The number of aliphatic hydroxyl groups is 2. The van der Waals surface area contributed by atoms with Crippen molar-refractivity contribution in [1.29, 1.82) is 0 Å². The van der Waals surface area contributed by atoms with E-state index < -0.39 is 41.3 Å². The maximum atomic E-state index is 15.1. The summed E-state index contributed by atoms with van der Waals surface area (Å²) in [5.74, 6) is -1.27. The molecule has 2 aliphatic rings. The number of rotatable bonds is 8. The van der Waals surface area contributed by atoms with E-state index in [1.165, 1.54) is 0 Å². The summed E-state index contributed by atoms with van der Waals surface area (Å²) in [7, 11) is 0. The van der Waals surface area contributed by atoms with Crippen LogP contribution in [0.5, 0.6) is 0 Å². The van der Waals surface area contributed by atoms with Crippen molar-refractivity contribution in [2.24, 2.45) is 0 Å². The van der Waals surface area contributed by atoms with Crippen molar-refractivity contribution in [1.82, 2.24) is 4.31 Å². The third-order valence-corrected chi connectivity index (χ3v) is 8.32. The average molecular weight is 482 g/mol. The summed E-state index contributed by atoms with van der Waals surface area (Å²) in [6.07, 6.45) is 0.446. The summed E-state index contributed by atoms with van der Waals surface area (Å²) in [5.41, 5.74) is -0.103. The van der Waals surface area contributed by atoms with Crippen LogP contribution >= 0.6 is 0 Å². The summed E-state index contributed by atoms with van der Waals surface area (Å²) in [5, 5.41) is 18.4. The number of benzene rings is 2. The molecule has 0 aromatic heterocycles. The van der Waals surface area contributed by atoms with Crippen molar-refractivity contribution in [2.75, 3.05) is 26.4 Å². The van der Waals surface area contributed by atoms with Gasteiger partial charge in [0.2, 0.25) is 0 Å². The van der Waals surface area contributed by atoms with Crippen LogP contribution in [0.3, 0.4) is 0 Å². The van der Waals surface area contributed by atoms with Crippen LogP contribution in [0.2, 0.25) is 0 Å². The maximum Gasteiger partial charge on any atom is 0.160 e. The number of nitrogens with zero attached hydrogens (tertiary/aromatic N) is 1. The van der Waals surface area contributed by atoms with Crippen LogP contribution in [-0.4, -0.2) is 57.6 Å². The lowest BCUT2D eigenvalue weighted by molar-refractivity contribution is -0.228. The minimum atomic E-state index is -1.39. The van der Waals surface area contributed by atoms with Crippen molar-refractivity contribution in [3.05, 3.63) is 70.8 Å². The molecule has 0 aliphatic carbocycles. The van der Waals surface area contributed by atoms with E-state index in [0.717, 1.165) is 30.5 Å². The number of ether oxygens (including phenoxy) is 2. The quantitative estimate of drug-likeness (QED) is 0.564. The molecular formula is C24H29F2NO5S. The molecule has 2 aromatic rings. The van der Waals surface area contributed by atoms with Crippen molar-refractivity contribution >= 4 is 11.4 Å². The van der Waals surface area contributed by atoms with Gasteiger partial charge in [-0.05, 0) is 25.5 Å². The number of aliphatic hydroxyl groups excluding tert-OH is 2. The van der Waals surface area contributed by atoms with Crippen LogP contribution in [0.4, 0.5) is 8.78 Å². The fourth-order valence-corrected chi connectivity index (χ4v) is 6.07. The van der Waals surface area contributed by atoms with Crippen molar-refractivity contribution in [2.45, 2.75) is 49.3 Å². The second kappa shape index (κ2) is 10.4. The van der Waals surface area contributed by atoms with Crippen molar-refractivity contribution < 1.29 is 33.0 Å². The second-order valence-corrected chi connectivity index (χ2v) is 10.3. The molecule has 0 spiro atoms. The van der Waals surface area contributed by atoms with Gasteiger partial charge in [-0.15, -0.1) is 4.31 Å². The number of halogens is 2. The normalized spacial score (nSPS) is 26.1. The highest BCUT2D eigenvalue weighted by Crippen LogP contribution is 2.40. The lowest BCUT2D eigenvalue weighted by Gasteiger charge is -2.42. The molecule has 0 amide bonds. The first-order valence-electron chi connectivity index (χ1n) is 11.1. The van der Waals surface area contributed by atoms with E-state index in [1.54, 1.807) is 4.31 Å². The van der Waals surface area contributed by atoms with Crippen molar-refractivity contribution in [3.63, 3.8) is 0 Å². The first-order chi connectivity index (χ1) is 15.8. The molecule has 2 N–H and O–H groups in total. The first-order valence-corrected chi connectivity index (χ1v) is 12.2.